The maximum Gasteiger partial charge on any atom is 0.243 e. The minimum Gasteiger partial charge on any atom is -0.487 e. The van der Waals surface area contributed by atoms with Gasteiger partial charge in [0, 0.05) is 19.0 Å². The molecule has 1 unspecified atom stereocenters. The summed E-state index contributed by atoms with van der Waals surface area (Å²) >= 11 is 0. The van der Waals surface area contributed by atoms with Crippen LogP contribution < -0.4 is 4.74 Å². The Labute approximate surface area is 152 Å². The zero-order valence-corrected chi connectivity index (χ0v) is 15.3. The third-order valence-electron chi connectivity index (χ3n) is 5.23. The summed E-state index contributed by atoms with van der Waals surface area (Å²) in [6.45, 7) is 0.743. The minimum atomic E-state index is -3.73. The summed E-state index contributed by atoms with van der Waals surface area (Å²) in [4.78, 5) is -0.0335. The van der Waals surface area contributed by atoms with Crippen LogP contribution in [-0.4, -0.2) is 31.9 Å². The molecule has 2 heterocycles. The van der Waals surface area contributed by atoms with E-state index in [9.17, 15) is 12.8 Å². The van der Waals surface area contributed by atoms with Gasteiger partial charge in [0.05, 0.1) is 17.3 Å². The SMILES string of the molecule is O=S(=O)(c1ccc(OC2CCCC2)c(F)c1)N1CCC(c2ccco2)C1. The molecule has 1 aliphatic heterocycles. The fraction of sp³-hybridized carbons (Fsp3) is 0.474. The fourth-order valence-electron chi connectivity index (χ4n) is 3.77. The predicted molar refractivity (Wildman–Crippen MR) is 94.1 cm³/mol. The van der Waals surface area contributed by atoms with Gasteiger partial charge in [-0.15, -0.1) is 0 Å². The van der Waals surface area contributed by atoms with Crippen LogP contribution in [0.5, 0.6) is 5.75 Å². The Balaban J connectivity index is 1.50. The van der Waals surface area contributed by atoms with Crippen molar-refractivity contribution in [2.24, 2.45) is 0 Å². The predicted octanol–water partition coefficient (Wildman–Crippen LogP) is 3.92. The number of nitrogens with zero attached hydrogens (tertiary/aromatic N) is 1. The molecular formula is C19H22FNO4S. The van der Waals surface area contributed by atoms with E-state index in [0.717, 1.165) is 37.5 Å². The number of furan rings is 1. The summed E-state index contributed by atoms with van der Waals surface area (Å²) in [6, 6.07) is 7.59. The number of hydrogen-bond donors (Lipinski definition) is 0. The number of ether oxygens (including phenoxy) is 1. The molecule has 0 spiro atoms. The van der Waals surface area contributed by atoms with Gasteiger partial charge in [-0.05, 0) is 62.4 Å². The molecule has 140 valence electrons. The minimum absolute atomic E-state index is 0.0274. The molecule has 1 atom stereocenters. The molecule has 7 heteroatoms. The Kier molecular flexibility index (Phi) is 4.75. The molecule has 0 radical (unpaired) electrons. The average molecular weight is 379 g/mol. The second-order valence-electron chi connectivity index (χ2n) is 6.98. The standard InChI is InChI=1S/C19H22FNO4S/c20-17-12-16(7-8-19(17)25-15-4-1-2-5-15)26(22,23)21-10-9-14(13-21)18-6-3-11-24-18/h3,6-8,11-12,14-15H,1-2,4-5,9-10,13H2. The Bertz CT molecular complexity index is 860. The number of halogens is 1. The van der Waals surface area contributed by atoms with E-state index in [-0.39, 0.29) is 22.7 Å². The van der Waals surface area contributed by atoms with Crippen molar-refractivity contribution in [3.8, 4) is 5.75 Å². The van der Waals surface area contributed by atoms with E-state index in [1.165, 1.54) is 16.4 Å². The number of benzene rings is 1. The summed E-state index contributed by atoms with van der Waals surface area (Å²) in [5.41, 5.74) is 0. The van der Waals surface area contributed by atoms with E-state index in [1.54, 1.807) is 12.3 Å². The second kappa shape index (κ2) is 7.04. The van der Waals surface area contributed by atoms with Crippen LogP contribution in [0.3, 0.4) is 0 Å². The van der Waals surface area contributed by atoms with Gasteiger partial charge in [-0.1, -0.05) is 0 Å². The van der Waals surface area contributed by atoms with Crippen LogP contribution in [0.1, 0.15) is 43.8 Å². The number of sulfonamides is 1. The van der Waals surface area contributed by atoms with Gasteiger partial charge in [0.2, 0.25) is 10.0 Å². The molecule has 1 aromatic heterocycles. The second-order valence-corrected chi connectivity index (χ2v) is 8.92. The molecule has 0 amide bonds. The lowest BCUT2D eigenvalue weighted by Gasteiger charge is -2.18. The first-order valence-corrected chi connectivity index (χ1v) is 10.5. The molecule has 2 aliphatic rings. The van der Waals surface area contributed by atoms with Gasteiger partial charge < -0.3 is 9.15 Å². The molecule has 2 aromatic rings. The van der Waals surface area contributed by atoms with Crippen molar-refractivity contribution in [2.45, 2.75) is 49.0 Å². The van der Waals surface area contributed by atoms with Crippen molar-refractivity contribution in [3.05, 3.63) is 48.2 Å². The zero-order valence-electron chi connectivity index (χ0n) is 14.4. The highest BCUT2D eigenvalue weighted by molar-refractivity contribution is 7.89. The Morgan fingerprint density at radius 3 is 2.65 bits per heavy atom. The van der Waals surface area contributed by atoms with E-state index in [1.807, 2.05) is 6.07 Å². The molecule has 1 saturated heterocycles. The van der Waals surface area contributed by atoms with Crippen molar-refractivity contribution in [1.82, 2.24) is 4.31 Å². The average Bonchev–Trinajstić information content (AvgIpc) is 3.38. The zero-order chi connectivity index (χ0) is 18.1. The first-order valence-electron chi connectivity index (χ1n) is 9.04. The summed E-state index contributed by atoms with van der Waals surface area (Å²) in [5.74, 6) is 0.328. The van der Waals surface area contributed by atoms with E-state index >= 15 is 0 Å². The maximum absolute atomic E-state index is 14.4. The Morgan fingerprint density at radius 2 is 1.96 bits per heavy atom. The van der Waals surface area contributed by atoms with E-state index < -0.39 is 15.8 Å². The molecular weight excluding hydrogens is 357 g/mol. The third-order valence-corrected chi connectivity index (χ3v) is 7.09. The lowest BCUT2D eigenvalue weighted by molar-refractivity contribution is 0.200. The fourth-order valence-corrected chi connectivity index (χ4v) is 5.29. The first kappa shape index (κ1) is 17.5. The highest BCUT2D eigenvalue weighted by Gasteiger charge is 2.34. The van der Waals surface area contributed by atoms with Crippen molar-refractivity contribution >= 4 is 10.0 Å². The molecule has 4 rings (SSSR count). The van der Waals surface area contributed by atoms with Crippen LogP contribution in [0.25, 0.3) is 0 Å². The summed E-state index contributed by atoms with van der Waals surface area (Å²) in [6.07, 6.45) is 6.32. The smallest absolute Gasteiger partial charge is 0.243 e. The van der Waals surface area contributed by atoms with Gasteiger partial charge in [0.15, 0.2) is 11.6 Å². The summed E-state index contributed by atoms with van der Waals surface area (Å²) in [7, 11) is -3.73. The number of rotatable bonds is 5. The van der Waals surface area contributed by atoms with Crippen LogP contribution in [0.4, 0.5) is 4.39 Å². The number of hydrogen-bond acceptors (Lipinski definition) is 4. The molecule has 26 heavy (non-hydrogen) atoms. The molecule has 0 N–H and O–H groups in total. The highest BCUT2D eigenvalue weighted by Crippen LogP contribution is 2.33. The van der Waals surface area contributed by atoms with E-state index in [0.29, 0.717) is 19.5 Å². The topological polar surface area (TPSA) is 59.8 Å². The normalized spacial score (nSPS) is 22.1. The molecule has 1 aromatic carbocycles. The molecule has 5 nitrogen and oxygen atoms in total. The molecule has 0 bridgehead atoms. The van der Waals surface area contributed by atoms with Crippen molar-refractivity contribution in [1.29, 1.82) is 0 Å². The third kappa shape index (κ3) is 3.38. The largest absolute Gasteiger partial charge is 0.487 e. The van der Waals surface area contributed by atoms with Crippen molar-refractivity contribution in [2.75, 3.05) is 13.1 Å². The first-order chi connectivity index (χ1) is 12.5. The lowest BCUT2D eigenvalue weighted by atomic mass is 10.1. The molecule has 2 fully saturated rings. The Hall–Kier alpha value is -1.86. The summed E-state index contributed by atoms with van der Waals surface area (Å²) in [5, 5.41) is 0. The quantitative estimate of drug-likeness (QED) is 0.790. The van der Waals surface area contributed by atoms with Crippen LogP contribution >= 0.6 is 0 Å². The van der Waals surface area contributed by atoms with Gasteiger partial charge in [0.1, 0.15) is 5.76 Å². The van der Waals surface area contributed by atoms with Gasteiger partial charge >= 0.3 is 0 Å². The van der Waals surface area contributed by atoms with Crippen LogP contribution in [0.15, 0.2) is 45.9 Å². The van der Waals surface area contributed by atoms with Gasteiger partial charge in [0.25, 0.3) is 0 Å². The Morgan fingerprint density at radius 1 is 1.15 bits per heavy atom. The molecule has 1 aliphatic carbocycles. The monoisotopic (exact) mass is 379 g/mol. The van der Waals surface area contributed by atoms with Crippen molar-refractivity contribution in [3.63, 3.8) is 0 Å². The van der Waals surface area contributed by atoms with E-state index in [4.69, 9.17) is 9.15 Å². The van der Waals surface area contributed by atoms with Crippen molar-refractivity contribution < 1.29 is 22.0 Å². The van der Waals surface area contributed by atoms with E-state index in [2.05, 4.69) is 0 Å². The van der Waals surface area contributed by atoms with Gasteiger partial charge in [-0.3, -0.25) is 0 Å². The van der Waals surface area contributed by atoms with Gasteiger partial charge in [-0.2, -0.15) is 4.31 Å². The lowest BCUT2D eigenvalue weighted by Crippen LogP contribution is -2.28. The summed E-state index contributed by atoms with van der Waals surface area (Å²) < 4.78 is 52.5. The molecule has 1 saturated carbocycles. The van der Waals surface area contributed by atoms with Gasteiger partial charge in [-0.25, -0.2) is 12.8 Å². The highest BCUT2D eigenvalue weighted by atomic mass is 32.2. The van der Waals surface area contributed by atoms with Crippen LogP contribution in [0.2, 0.25) is 0 Å². The maximum atomic E-state index is 14.4. The van der Waals surface area contributed by atoms with Crippen LogP contribution in [-0.2, 0) is 10.0 Å². The van der Waals surface area contributed by atoms with Crippen LogP contribution in [0, 0.1) is 5.82 Å².